The molecule has 0 heterocycles. The summed E-state index contributed by atoms with van der Waals surface area (Å²) in [5.41, 5.74) is 2.04. The van der Waals surface area contributed by atoms with Crippen molar-refractivity contribution in [3.8, 4) is 6.07 Å². The molecule has 0 fully saturated rings. The fraction of sp³-hybridized carbons (Fsp3) is 0.222. The molecule has 0 aromatic heterocycles. The van der Waals surface area contributed by atoms with E-state index < -0.39 is 0 Å². The van der Waals surface area contributed by atoms with E-state index in [0.717, 1.165) is 15.6 Å². The molecule has 0 saturated heterocycles. The van der Waals surface area contributed by atoms with Gasteiger partial charge in [-0.3, -0.25) is 0 Å². The van der Waals surface area contributed by atoms with E-state index in [9.17, 15) is 0 Å². The van der Waals surface area contributed by atoms with Crippen molar-refractivity contribution in [2.75, 3.05) is 0 Å². The smallest absolute Gasteiger partial charge is 0.100 e. The highest BCUT2D eigenvalue weighted by atomic mass is 127. The fourth-order valence-electron chi connectivity index (χ4n) is 0.939. The molecule has 0 radical (unpaired) electrons. The van der Waals surface area contributed by atoms with Crippen LogP contribution in [0.1, 0.15) is 18.1 Å². The summed E-state index contributed by atoms with van der Waals surface area (Å²) in [7, 11) is 0. The van der Waals surface area contributed by atoms with Gasteiger partial charge in [0.2, 0.25) is 0 Å². The Morgan fingerprint density at radius 3 is 2.82 bits per heavy atom. The number of halogens is 1. The van der Waals surface area contributed by atoms with Crippen molar-refractivity contribution < 1.29 is 0 Å². The molecular weight excluding hydrogens is 249 g/mol. The van der Waals surface area contributed by atoms with Crippen LogP contribution in [0.4, 0.5) is 0 Å². The third-order valence-corrected chi connectivity index (χ3v) is 2.85. The maximum atomic E-state index is 8.68. The average Bonchev–Trinajstić information content (AvgIpc) is 2.05. The number of hydrogen-bond acceptors (Lipinski definition) is 1. The Kier molecular flexibility index (Phi) is 2.89. The lowest BCUT2D eigenvalue weighted by atomic mass is 10.1. The van der Waals surface area contributed by atoms with Gasteiger partial charge in [-0.15, -0.1) is 0 Å². The minimum Gasteiger partial charge on any atom is -0.192 e. The molecule has 0 aliphatic rings. The van der Waals surface area contributed by atoms with Crippen LogP contribution in [-0.2, 0) is 6.42 Å². The summed E-state index contributed by atoms with van der Waals surface area (Å²) in [6, 6.07) is 8.00. The first-order chi connectivity index (χ1) is 5.29. The van der Waals surface area contributed by atoms with Crippen LogP contribution in [0.3, 0.4) is 0 Å². The van der Waals surface area contributed by atoms with Crippen molar-refractivity contribution in [1.29, 1.82) is 5.26 Å². The lowest BCUT2D eigenvalue weighted by Gasteiger charge is -2.00. The second-order valence-electron chi connectivity index (χ2n) is 2.24. The molecule has 11 heavy (non-hydrogen) atoms. The van der Waals surface area contributed by atoms with Gasteiger partial charge in [0.1, 0.15) is 6.07 Å². The highest BCUT2D eigenvalue weighted by Gasteiger charge is 2.01. The monoisotopic (exact) mass is 257 g/mol. The van der Waals surface area contributed by atoms with E-state index >= 15 is 0 Å². The van der Waals surface area contributed by atoms with Crippen LogP contribution in [0.5, 0.6) is 0 Å². The Morgan fingerprint density at radius 2 is 2.27 bits per heavy atom. The molecule has 0 N–H and O–H groups in total. The number of aryl methyl sites for hydroxylation is 1. The molecule has 1 nitrogen and oxygen atoms in total. The van der Waals surface area contributed by atoms with Crippen LogP contribution in [0.25, 0.3) is 0 Å². The van der Waals surface area contributed by atoms with Gasteiger partial charge < -0.3 is 0 Å². The molecule has 1 aromatic carbocycles. The number of rotatable bonds is 1. The Hall–Kier alpha value is -0.560. The predicted octanol–water partition coefficient (Wildman–Crippen LogP) is 2.73. The molecular formula is C9H8IN. The minimum absolute atomic E-state index is 0.782. The van der Waals surface area contributed by atoms with Crippen LogP contribution >= 0.6 is 22.6 Å². The normalized spacial score (nSPS) is 9.18. The van der Waals surface area contributed by atoms with Gasteiger partial charge >= 0.3 is 0 Å². The predicted molar refractivity (Wildman–Crippen MR) is 53.3 cm³/mol. The van der Waals surface area contributed by atoms with E-state index in [1.54, 1.807) is 0 Å². The first-order valence-electron chi connectivity index (χ1n) is 3.47. The standard InChI is InChI=1S/C9H8IN/c1-2-7-4-3-5-8(6-11)9(7)10/h3-5H,2H2,1H3. The highest BCUT2D eigenvalue weighted by molar-refractivity contribution is 14.1. The van der Waals surface area contributed by atoms with Crippen molar-refractivity contribution in [3.63, 3.8) is 0 Å². The van der Waals surface area contributed by atoms with E-state index in [1.165, 1.54) is 5.56 Å². The van der Waals surface area contributed by atoms with E-state index in [4.69, 9.17) is 5.26 Å². The molecule has 56 valence electrons. The van der Waals surface area contributed by atoms with Crippen molar-refractivity contribution in [2.45, 2.75) is 13.3 Å². The summed E-state index contributed by atoms with van der Waals surface area (Å²) < 4.78 is 1.09. The van der Waals surface area contributed by atoms with Crippen molar-refractivity contribution >= 4 is 22.6 Å². The van der Waals surface area contributed by atoms with Crippen LogP contribution in [0.15, 0.2) is 18.2 Å². The van der Waals surface area contributed by atoms with Gasteiger partial charge in [0.25, 0.3) is 0 Å². The number of nitriles is 1. The highest BCUT2D eigenvalue weighted by Crippen LogP contribution is 2.16. The van der Waals surface area contributed by atoms with Crippen molar-refractivity contribution in [2.24, 2.45) is 0 Å². The van der Waals surface area contributed by atoms with Gasteiger partial charge in [-0.25, -0.2) is 0 Å². The van der Waals surface area contributed by atoms with Gasteiger partial charge in [0, 0.05) is 3.57 Å². The van der Waals surface area contributed by atoms with Gasteiger partial charge in [-0.2, -0.15) is 5.26 Å². The zero-order valence-electron chi connectivity index (χ0n) is 6.26. The largest absolute Gasteiger partial charge is 0.192 e. The third kappa shape index (κ3) is 1.72. The maximum Gasteiger partial charge on any atom is 0.100 e. The molecule has 1 aromatic rings. The van der Waals surface area contributed by atoms with Gasteiger partial charge in [0.15, 0.2) is 0 Å². The van der Waals surface area contributed by atoms with Crippen LogP contribution in [0, 0.1) is 14.9 Å². The van der Waals surface area contributed by atoms with Gasteiger partial charge in [-0.05, 0) is 40.6 Å². The molecule has 0 amide bonds. The van der Waals surface area contributed by atoms with E-state index in [2.05, 4.69) is 41.7 Å². The Balaban J connectivity index is 3.23. The Morgan fingerprint density at radius 1 is 1.55 bits per heavy atom. The van der Waals surface area contributed by atoms with Crippen LogP contribution in [0.2, 0.25) is 0 Å². The second kappa shape index (κ2) is 3.72. The Bertz CT molecular complexity index is 299. The third-order valence-electron chi connectivity index (χ3n) is 1.58. The van der Waals surface area contributed by atoms with Gasteiger partial charge in [0.05, 0.1) is 5.56 Å². The fourth-order valence-corrected chi connectivity index (χ4v) is 1.80. The van der Waals surface area contributed by atoms with E-state index in [1.807, 2.05) is 12.1 Å². The SMILES string of the molecule is CCc1cccc(C#N)c1I. The molecule has 0 aliphatic carbocycles. The second-order valence-corrected chi connectivity index (χ2v) is 3.32. The summed E-state index contributed by atoms with van der Waals surface area (Å²) in [4.78, 5) is 0. The zero-order valence-corrected chi connectivity index (χ0v) is 8.42. The molecule has 0 saturated carbocycles. The number of benzene rings is 1. The summed E-state index contributed by atoms with van der Waals surface area (Å²) in [5.74, 6) is 0. The van der Waals surface area contributed by atoms with E-state index in [0.29, 0.717) is 0 Å². The summed E-state index contributed by atoms with van der Waals surface area (Å²) in [6.45, 7) is 2.10. The molecule has 0 unspecified atom stereocenters. The first kappa shape index (κ1) is 8.54. The van der Waals surface area contributed by atoms with Crippen LogP contribution < -0.4 is 0 Å². The average molecular weight is 257 g/mol. The zero-order chi connectivity index (χ0) is 8.27. The minimum atomic E-state index is 0.782. The molecule has 2 heteroatoms. The molecule has 1 rings (SSSR count). The van der Waals surface area contributed by atoms with Crippen molar-refractivity contribution in [3.05, 3.63) is 32.9 Å². The Labute approximate surface area is 80.2 Å². The lowest BCUT2D eigenvalue weighted by molar-refractivity contribution is 1.12. The number of nitrogens with zero attached hydrogens (tertiary/aromatic N) is 1. The van der Waals surface area contributed by atoms with Gasteiger partial charge in [-0.1, -0.05) is 19.1 Å². The lowest BCUT2D eigenvalue weighted by Crippen LogP contribution is -1.89. The first-order valence-corrected chi connectivity index (χ1v) is 4.55. The van der Waals surface area contributed by atoms with Crippen LogP contribution in [-0.4, -0.2) is 0 Å². The molecule has 0 aliphatic heterocycles. The molecule has 0 atom stereocenters. The summed E-state index contributed by atoms with van der Waals surface area (Å²) >= 11 is 2.22. The number of hydrogen-bond donors (Lipinski definition) is 0. The quantitative estimate of drug-likeness (QED) is 0.709. The topological polar surface area (TPSA) is 23.8 Å². The summed E-state index contributed by atoms with van der Waals surface area (Å²) in [5, 5.41) is 8.68. The van der Waals surface area contributed by atoms with Crippen molar-refractivity contribution in [1.82, 2.24) is 0 Å². The molecule has 0 bridgehead atoms. The maximum absolute atomic E-state index is 8.68. The van der Waals surface area contributed by atoms with E-state index in [-0.39, 0.29) is 0 Å². The molecule has 0 spiro atoms. The summed E-state index contributed by atoms with van der Waals surface area (Å²) in [6.07, 6.45) is 0.994.